The molecule has 1 saturated heterocycles. The van der Waals surface area contributed by atoms with E-state index < -0.39 is 0 Å². The van der Waals surface area contributed by atoms with Gasteiger partial charge in [-0.15, -0.1) is 5.10 Å². The molecule has 3 N–H and O–H groups in total. The van der Waals surface area contributed by atoms with Crippen LogP contribution in [0.15, 0.2) is 0 Å². The minimum atomic E-state index is -0.108. The van der Waals surface area contributed by atoms with Crippen molar-refractivity contribution in [1.82, 2.24) is 19.4 Å². The number of likely N-dealkylation sites (N-methyl/N-ethyl adjacent to an activating group) is 1. The number of amides is 2. The predicted molar refractivity (Wildman–Crippen MR) is 60.8 cm³/mol. The summed E-state index contributed by atoms with van der Waals surface area (Å²) in [6.45, 7) is 0.410. The minimum absolute atomic E-state index is 0.0663. The van der Waals surface area contributed by atoms with Gasteiger partial charge in [0.1, 0.15) is 17.2 Å². The van der Waals surface area contributed by atoms with Crippen LogP contribution in [0.4, 0.5) is 5.00 Å². The first-order valence-corrected chi connectivity index (χ1v) is 5.68. The first kappa shape index (κ1) is 11.7. The first-order valence-electron chi connectivity index (χ1n) is 4.91. The highest BCUT2D eigenvalue weighted by molar-refractivity contribution is 7.10. The fraction of sp³-hybridized carbons (Fsp3) is 0.500. The van der Waals surface area contributed by atoms with Crippen molar-refractivity contribution in [3.8, 4) is 0 Å². The van der Waals surface area contributed by atoms with Gasteiger partial charge in [0.2, 0.25) is 11.8 Å². The molecule has 0 spiro atoms. The molecule has 0 bridgehead atoms. The predicted octanol–water partition coefficient (Wildman–Crippen LogP) is -1.38. The Labute approximate surface area is 102 Å². The Morgan fingerprint density at radius 1 is 1.41 bits per heavy atom. The zero-order valence-corrected chi connectivity index (χ0v) is 10.0. The van der Waals surface area contributed by atoms with Crippen LogP contribution in [0.25, 0.3) is 0 Å². The van der Waals surface area contributed by atoms with Crippen LogP contribution in [0.2, 0.25) is 0 Å². The van der Waals surface area contributed by atoms with E-state index in [0.717, 1.165) is 11.5 Å². The van der Waals surface area contributed by atoms with Gasteiger partial charge in [0.25, 0.3) is 0 Å². The Morgan fingerprint density at radius 2 is 2.18 bits per heavy atom. The van der Waals surface area contributed by atoms with Crippen LogP contribution in [0.5, 0.6) is 0 Å². The molecule has 1 fully saturated rings. The number of piperazine rings is 1. The molecule has 0 atom stereocenters. The second kappa shape index (κ2) is 4.63. The second-order valence-corrected chi connectivity index (χ2v) is 4.45. The molecular weight excluding hydrogens is 244 g/mol. The van der Waals surface area contributed by atoms with E-state index in [4.69, 9.17) is 5.84 Å². The normalized spacial score (nSPS) is 16.6. The summed E-state index contributed by atoms with van der Waals surface area (Å²) in [7, 11) is 1.61. The monoisotopic (exact) mass is 256 g/mol. The summed E-state index contributed by atoms with van der Waals surface area (Å²) in [5.41, 5.74) is 3.03. The van der Waals surface area contributed by atoms with Gasteiger partial charge < -0.3 is 15.2 Å². The molecule has 0 aromatic carbocycles. The van der Waals surface area contributed by atoms with E-state index in [1.165, 1.54) is 9.80 Å². The molecule has 1 aliphatic heterocycles. The van der Waals surface area contributed by atoms with Crippen LogP contribution in [0, 0.1) is 0 Å². The van der Waals surface area contributed by atoms with Crippen molar-refractivity contribution in [3.05, 3.63) is 5.69 Å². The maximum absolute atomic E-state index is 11.7. The summed E-state index contributed by atoms with van der Waals surface area (Å²) in [5.74, 6) is 5.09. The van der Waals surface area contributed by atoms with Crippen LogP contribution in [-0.4, -0.2) is 51.3 Å². The molecule has 0 radical (unpaired) electrons. The standard InChI is InChI=1S/C8H12N6O2S/c1-13-3-7(16)14(4-6(13)15)2-5-8(10-9)17-12-11-5/h10H,2-4,9H2,1H3. The number of aromatic nitrogens is 2. The number of hydrazine groups is 1. The molecule has 2 heterocycles. The van der Waals surface area contributed by atoms with Gasteiger partial charge in [-0.3, -0.25) is 9.59 Å². The fourth-order valence-electron chi connectivity index (χ4n) is 1.51. The van der Waals surface area contributed by atoms with Crippen molar-refractivity contribution in [1.29, 1.82) is 0 Å². The average molecular weight is 256 g/mol. The number of nitrogens with two attached hydrogens (primary N) is 1. The smallest absolute Gasteiger partial charge is 0.243 e. The number of hydrogen-bond donors (Lipinski definition) is 2. The van der Waals surface area contributed by atoms with Crippen molar-refractivity contribution in [3.63, 3.8) is 0 Å². The quantitative estimate of drug-likeness (QED) is 0.510. The van der Waals surface area contributed by atoms with E-state index in [2.05, 4.69) is 15.0 Å². The summed E-state index contributed by atoms with van der Waals surface area (Å²) < 4.78 is 3.73. The Balaban J connectivity index is 2.08. The molecule has 1 aromatic rings. The van der Waals surface area contributed by atoms with E-state index >= 15 is 0 Å². The molecular formula is C8H12N6O2S. The van der Waals surface area contributed by atoms with Gasteiger partial charge >= 0.3 is 0 Å². The van der Waals surface area contributed by atoms with E-state index in [0.29, 0.717) is 10.7 Å². The van der Waals surface area contributed by atoms with E-state index in [-0.39, 0.29) is 31.4 Å². The number of carbonyl (C=O) groups excluding carboxylic acids is 2. The fourth-order valence-corrected chi connectivity index (χ4v) is 1.99. The van der Waals surface area contributed by atoms with Gasteiger partial charge in [0, 0.05) is 18.6 Å². The van der Waals surface area contributed by atoms with E-state index in [9.17, 15) is 9.59 Å². The van der Waals surface area contributed by atoms with Crippen LogP contribution in [0.3, 0.4) is 0 Å². The Kier molecular flexibility index (Phi) is 3.20. The molecule has 0 aliphatic carbocycles. The molecule has 17 heavy (non-hydrogen) atoms. The summed E-state index contributed by atoms with van der Waals surface area (Å²) in [6, 6.07) is 0. The van der Waals surface area contributed by atoms with Crippen LogP contribution >= 0.6 is 11.5 Å². The minimum Gasteiger partial charge on any atom is -0.335 e. The summed E-state index contributed by atoms with van der Waals surface area (Å²) in [5, 5.41) is 4.47. The molecule has 8 nitrogen and oxygen atoms in total. The highest BCUT2D eigenvalue weighted by Gasteiger charge is 2.28. The average Bonchev–Trinajstić information content (AvgIpc) is 2.73. The van der Waals surface area contributed by atoms with Gasteiger partial charge in [0.15, 0.2) is 0 Å². The summed E-state index contributed by atoms with van der Waals surface area (Å²) in [6.07, 6.45) is 0. The molecule has 0 unspecified atom stereocenters. The van der Waals surface area contributed by atoms with Crippen LogP contribution in [-0.2, 0) is 16.1 Å². The molecule has 2 rings (SSSR count). The van der Waals surface area contributed by atoms with Gasteiger partial charge in [-0.05, 0) is 0 Å². The van der Waals surface area contributed by atoms with Crippen molar-refractivity contribution < 1.29 is 9.59 Å². The highest BCUT2D eigenvalue weighted by Crippen LogP contribution is 2.18. The lowest BCUT2D eigenvalue weighted by Gasteiger charge is -2.31. The van der Waals surface area contributed by atoms with Crippen molar-refractivity contribution >= 4 is 28.3 Å². The van der Waals surface area contributed by atoms with E-state index in [1.54, 1.807) is 7.05 Å². The number of carbonyl (C=O) groups is 2. The van der Waals surface area contributed by atoms with Gasteiger partial charge in [-0.1, -0.05) is 4.49 Å². The first-order chi connectivity index (χ1) is 8.11. The Bertz CT molecular complexity index is 447. The number of nitrogens with one attached hydrogen (secondary N) is 1. The SMILES string of the molecule is CN1CC(=O)N(Cc2nnsc2NN)CC1=O. The largest absolute Gasteiger partial charge is 0.335 e. The Morgan fingerprint density at radius 3 is 2.88 bits per heavy atom. The molecule has 1 aromatic heterocycles. The Hall–Kier alpha value is -1.74. The van der Waals surface area contributed by atoms with Gasteiger partial charge in [-0.2, -0.15) is 0 Å². The maximum Gasteiger partial charge on any atom is 0.243 e. The lowest BCUT2D eigenvalue weighted by Crippen LogP contribution is -2.51. The van der Waals surface area contributed by atoms with E-state index in [1.807, 2.05) is 0 Å². The number of nitrogens with zero attached hydrogens (tertiary/aromatic N) is 4. The number of rotatable bonds is 3. The molecule has 9 heteroatoms. The molecule has 2 amide bonds. The van der Waals surface area contributed by atoms with Crippen LogP contribution < -0.4 is 11.3 Å². The van der Waals surface area contributed by atoms with Crippen molar-refractivity contribution in [2.75, 3.05) is 25.6 Å². The second-order valence-electron chi connectivity index (χ2n) is 3.69. The topological polar surface area (TPSA) is 104 Å². The third kappa shape index (κ3) is 2.34. The van der Waals surface area contributed by atoms with Crippen LogP contribution in [0.1, 0.15) is 5.69 Å². The third-order valence-corrected chi connectivity index (χ3v) is 3.20. The zero-order valence-electron chi connectivity index (χ0n) is 9.21. The summed E-state index contributed by atoms with van der Waals surface area (Å²) >= 11 is 1.11. The number of nitrogen functional groups attached to an aromatic ring is 1. The van der Waals surface area contributed by atoms with Gasteiger partial charge in [-0.25, -0.2) is 5.84 Å². The zero-order chi connectivity index (χ0) is 12.4. The number of hydrogen-bond acceptors (Lipinski definition) is 7. The maximum atomic E-state index is 11.7. The molecule has 0 saturated carbocycles. The molecule has 92 valence electrons. The van der Waals surface area contributed by atoms with Crippen molar-refractivity contribution in [2.45, 2.75) is 6.54 Å². The van der Waals surface area contributed by atoms with Crippen molar-refractivity contribution in [2.24, 2.45) is 5.84 Å². The lowest BCUT2D eigenvalue weighted by atomic mass is 10.3. The number of anilines is 1. The lowest BCUT2D eigenvalue weighted by molar-refractivity contribution is -0.149. The third-order valence-electron chi connectivity index (χ3n) is 2.50. The highest BCUT2D eigenvalue weighted by atomic mass is 32.1. The van der Waals surface area contributed by atoms with Gasteiger partial charge in [0.05, 0.1) is 13.1 Å². The summed E-state index contributed by atoms with van der Waals surface area (Å²) in [4.78, 5) is 26.1. The molecule has 1 aliphatic rings.